The van der Waals surface area contributed by atoms with Crippen LogP contribution in [0.1, 0.15) is 50.5 Å². The maximum Gasteiger partial charge on any atom is 0.303 e. The molecule has 7 heteroatoms. The van der Waals surface area contributed by atoms with Crippen LogP contribution in [0.5, 0.6) is 0 Å². The Kier molecular flexibility index (Phi) is 4.78. The first kappa shape index (κ1) is 16.4. The smallest absolute Gasteiger partial charge is 0.303 e. The zero-order valence-corrected chi connectivity index (χ0v) is 13.4. The van der Waals surface area contributed by atoms with Crippen molar-refractivity contribution in [2.45, 2.75) is 51.4 Å². The first-order chi connectivity index (χ1) is 11.6. The summed E-state index contributed by atoms with van der Waals surface area (Å²) in [5, 5.41) is 23.0. The summed E-state index contributed by atoms with van der Waals surface area (Å²) in [6.07, 6.45) is 7.82. The van der Waals surface area contributed by atoms with E-state index in [0.717, 1.165) is 24.8 Å². The monoisotopic (exact) mass is 331 g/mol. The van der Waals surface area contributed by atoms with Crippen LogP contribution in [0.25, 0.3) is 11.4 Å². The highest BCUT2D eigenvalue weighted by Crippen LogP contribution is 2.27. The predicted molar refractivity (Wildman–Crippen MR) is 87.7 cm³/mol. The zero-order valence-electron chi connectivity index (χ0n) is 13.4. The molecule has 1 saturated carbocycles. The highest BCUT2D eigenvalue weighted by molar-refractivity contribution is 5.68. The second kappa shape index (κ2) is 6.98. The normalized spacial score (nSPS) is 17.2. The Hall–Kier alpha value is -2.44. The number of hydrogen-bond donors (Lipinski definition) is 2. The second-order valence-corrected chi connectivity index (χ2v) is 6.43. The quantitative estimate of drug-likeness (QED) is 0.859. The van der Waals surface area contributed by atoms with Gasteiger partial charge < -0.3 is 10.2 Å². The van der Waals surface area contributed by atoms with Gasteiger partial charge in [-0.2, -0.15) is 5.10 Å². The summed E-state index contributed by atoms with van der Waals surface area (Å²) in [5.41, 5.74) is 1.07. The van der Waals surface area contributed by atoms with Crippen molar-refractivity contribution in [3.63, 3.8) is 0 Å². The van der Waals surface area contributed by atoms with Crippen LogP contribution in [0.3, 0.4) is 0 Å². The molecule has 2 aromatic heterocycles. The number of aromatic nitrogens is 3. The number of carbonyl (C=O) groups is 1. The van der Waals surface area contributed by atoms with Crippen LogP contribution < -0.4 is 10.8 Å². The van der Waals surface area contributed by atoms with Crippen LogP contribution in [0.2, 0.25) is 0 Å². The number of rotatable bonds is 5. The van der Waals surface area contributed by atoms with Gasteiger partial charge in [0.2, 0.25) is 5.43 Å². The van der Waals surface area contributed by atoms with E-state index in [-0.39, 0.29) is 29.4 Å². The van der Waals surface area contributed by atoms with E-state index >= 15 is 0 Å². The lowest BCUT2D eigenvalue weighted by Crippen LogP contribution is -2.35. The lowest BCUT2D eigenvalue weighted by molar-refractivity contribution is -0.136. The summed E-state index contributed by atoms with van der Waals surface area (Å²) in [5.74, 6) is -0.742. The van der Waals surface area contributed by atoms with Gasteiger partial charge in [-0.3, -0.25) is 9.59 Å². The van der Waals surface area contributed by atoms with E-state index in [1.165, 1.54) is 36.2 Å². The maximum absolute atomic E-state index is 12.5. The van der Waals surface area contributed by atoms with E-state index in [1.807, 2.05) is 0 Å². The highest BCUT2D eigenvalue weighted by atomic mass is 16.4. The summed E-state index contributed by atoms with van der Waals surface area (Å²) in [6, 6.07) is 1.52. The summed E-state index contributed by atoms with van der Waals surface area (Å²) in [4.78, 5) is 27.4. The number of carboxylic acid groups (broad SMARTS) is 1. The number of hydrogen-bond acceptors (Lipinski definition) is 5. The maximum atomic E-state index is 12.5. The molecule has 24 heavy (non-hydrogen) atoms. The molecule has 2 heterocycles. The first-order valence-corrected chi connectivity index (χ1v) is 8.36. The van der Waals surface area contributed by atoms with E-state index in [2.05, 4.69) is 10.1 Å². The number of pyridine rings is 1. The minimum absolute atomic E-state index is 0.0103. The minimum Gasteiger partial charge on any atom is -0.510 e. The Morgan fingerprint density at radius 3 is 2.67 bits per heavy atom. The van der Waals surface area contributed by atoms with E-state index in [0.29, 0.717) is 11.6 Å². The molecule has 0 aliphatic heterocycles. The van der Waals surface area contributed by atoms with Gasteiger partial charge >= 0.3 is 5.97 Å². The fourth-order valence-corrected chi connectivity index (χ4v) is 3.48. The SMILES string of the molecule is O=C(O)CC/C(O)=c1\c(=O)cc(CC2CCCCC2)c2ncnn12. The third-order valence-corrected chi connectivity index (χ3v) is 4.67. The summed E-state index contributed by atoms with van der Waals surface area (Å²) in [7, 11) is 0. The van der Waals surface area contributed by atoms with Crippen LogP contribution in [0.4, 0.5) is 0 Å². The minimum atomic E-state index is -1.03. The third-order valence-electron chi connectivity index (χ3n) is 4.67. The lowest BCUT2D eigenvalue weighted by atomic mass is 9.85. The fourth-order valence-electron chi connectivity index (χ4n) is 3.48. The van der Waals surface area contributed by atoms with Crippen LogP contribution in [0, 0.1) is 5.92 Å². The number of aliphatic carboxylic acids is 1. The van der Waals surface area contributed by atoms with Crippen molar-refractivity contribution in [3.05, 3.63) is 33.5 Å². The molecule has 0 radical (unpaired) electrons. The molecular weight excluding hydrogens is 310 g/mol. The second-order valence-electron chi connectivity index (χ2n) is 6.43. The van der Waals surface area contributed by atoms with Crippen molar-refractivity contribution in [1.29, 1.82) is 0 Å². The highest BCUT2D eigenvalue weighted by Gasteiger charge is 2.18. The molecular formula is C17H21N3O4. The Bertz CT molecular complexity index is 853. The van der Waals surface area contributed by atoms with E-state index < -0.39 is 5.97 Å². The molecule has 1 aliphatic carbocycles. The van der Waals surface area contributed by atoms with Crippen LogP contribution in [-0.4, -0.2) is 30.8 Å². The van der Waals surface area contributed by atoms with E-state index in [4.69, 9.17) is 5.11 Å². The van der Waals surface area contributed by atoms with Crippen molar-refractivity contribution in [2.24, 2.45) is 5.92 Å². The number of nitrogens with zero attached hydrogens (tertiary/aromatic N) is 3. The van der Waals surface area contributed by atoms with Gasteiger partial charge in [0.1, 0.15) is 12.1 Å². The molecule has 2 N–H and O–H groups in total. The van der Waals surface area contributed by atoms with Gasteiger partial charge in [0, 0.05) is 12.0 Å². The predicted octanol–water partition coefficient (Wildman–Crippen LogP) is 1.46. The molecule has 0 spiro atoms. The molecule has 0 bridgehead atoms. The summed E-state index contributed by atoms with van der Waals surface area (Å²) < 4.78 is 1.34. The Morgan fingerprint density at radius 1 is 1.21 bits per heavy atom. The molecule has 0 aromatic carbocycles. The summed E-state index contributed by atoms with van der Waals surface area (Å²) in [6.45, 7) is 0. The van der Waals surface area contributed by atoms with Crippen LogP contribution in [0.15, 0.2) is 17.2 Å². The number of fused-ring (bicyclic) bond motifs is 1. The van der Waals surface area contributed by atoms with Gasteiger partial charge in [-0.15, -0.1) is 0 Å². The van der Waals surface area contributed by atoms with Gasteiger partial charge in [0.25, 0.3) is 0 Å². The molecule has 1 aliphatic rings. The van der Waals surface area contributed by atoms with E-state index in [1.54, 1.807) is 0 Å². The number of aliphatic hydroxyl groups excluding tert-OH is 1. The molecule has 0 atom stereocenters. The van der Waals surface area contributed by atoms with Crippen LogP contribution in [-0.2, 0) is 11.2 Å². The molecule has 0 unspecified atom stereocenters. The largest absolute Gasteiger partial charge is 0.510 e. The average molecular weight is 331 g/mol. The van der Waals surface area contributed by atoms with Crippen molar-refractivity contribution in [3.8, 4) is 0 Å². The number of carboxylic acids is 1. The molecule has 0 saturated heterocycles. The van der Waals surface area contributed by atoms with Gasteiger partial charge in [-0.25, -0.2) is 9.50 Å². The van der Waals surface area contributed by atoms with Crippen molar-refractivity contribution in [1.82, 2.24) is 14.6 Å². The molecule has 2 aromatic rings. The Labute approximate surface area is 138 Å². The molecule has 1 fully saturated rings. The van der Waals surface area contributed by atoms with Gasteiger partial charge in [-0.05, 0) is 18.4 Å². The fraction of sp³-hybridized carbons (Fsp3) is 0.529. The van der Waals surface area contributed by atoms with E-state index in [9.17, 15) is 14.7 Å². The molecule has 7 nitrogen and oxygen atoms in total. The topological polar surface area (TPSA) is 105 Å². The molecule has 3 rings (SSSR count). The standard InChI is InChI=1S/C17H21N3O4/c21-13(6-7-15(23)24)16-14(22)9-12(17-18-10-19-20(16)17)8-11-4-2-1-3-5-11/h9-11,21H,1-8H2,(H,23,24)/b16-13-. The van der Waals surface area contributed by atoms with Crippen molar-refractivity contribution < 1.29 is 15.0 Å². The van der Waals surface area contributed by atoms with Crippen molar-refractivity contribution in [2.75, 3.05) is 0 Å². The summed E-state index contributed by atoms with van der Waals surface area (Å²) >= 11 is 0. The first-order valence-electron chi connectivity index (χ1n) is 8.36. The average Bonchev–Trinajstić information content (AvgIpc) is 3.03. The van der Waals surface area contributed by atoms with Crippen LogP contribution >= 0.6 is 0 Å². The molecule has 0 amide bonds. The van der Waals surface area contributed by atoms with Gasteiger partial charge in [-0.1, -0.05) is 32.1 Å². The lowest BCUT2D eigenvalue weighted by Gasteiger charge is -2.21. The molecule has 128 valence electrons. The Morgan fingerprint density at radius 2 is 1.96 bits per heavy atom. The third kappa shape index (κ3) is 3.39. The van der Waals surface area contributed by atoms with Gasteiger partial charge in [0.05, 0.1) is 6.42 Å². The van der Waals surface area contributed by atoms with Gasteiger partial charge in [0.15, 0.2) is 11.0 Å². The Balaban J connectivity index is 2.01. The number of aliphatic hydroxyl groups is 1. The van der Waals surface area contributed by atoms with Crippen molar-refractivity contribution >= 4 is 17.4 Å². The zero-order chi connectivity index (χ0) is 17.1.